The number of nitrogens with two attached hydrogens (primary N) is 1. The first-order valence-electron chi connectivity index (χ1n) is 10.2. The minimum atomic E-state index is -4.18. The topological polar surface area (TPSA) is 90.1 Å². The van der Waals surface area contributed by atoms with E-state index in [1.807, 2.05) is 49.6 Å². The second kappa shape index (κ2) is 7.55. The second-order valence-corrected chi connectivity index (χ2v) is 9.16. The molecule has 0 saturated heterocycles. The zero-order valence-corrected chi connectivity index (χ0v) is 18.6. The summed E-state index contributed by atoms with van der Waals surface area (Å²) in [5.74, 6) is -0.0652. The summed E-state index contributed by atoms with van der Waals surface area (Å²) >= 11 is 0. The summed E-state index contributed by atoms with van der Waals surface area (Å²) in [6, 6.07) is 21.4. The molecule has 0 saturated carbocycles. The van der Waals surface area contributed by atoms with Crippen LogP contribution in [-0.4, -0.2) is 18.0 Å². The highest BCUT2D eigenvalue weighted by atomic mass is 32.2. The average molecular weight is 446 g/mol. The number of nitrogens with zero attached hydrogens (tertiary/aromatic N) is 1. The summed E-state index contributed by atoms with van der Waals surface area (Å²) in [6.07, 6.45) is 4.09. The number of aromatic nitrogens is 2. The maximum atomic E-state index is 11.8. The standard InChI is InChI=1S/C25H23N3O3S/c1-16-8-7-11-18-21(15-28(2)25(16)18)24(20-14-27-22-12-5-3-9-17(20)22)19-10-4-6-13-23(19)31-32(26,29)30/h3-15,24,27H,1-2H3,(H2,26,29,30). The first-order chi connectivity index (χ1) is 15.3. The van der Waals surface area contributed by atoms with Crippen molar-refractivity contribution in [3.8, 4) is 5.75 Å². The monoisotopic (exact) mass is 445 g/mol. The molecule has 6 nitrogen and oxygen atoms in total. The average Bonchev–Trinajstić information content (AvgIpc) is 3.31. The lowest BCUT2D eigenvalue weighted by atomic mass is 9.84. The highest BCUT2D eigenvalue weighted by Crippen LogP contribution is 2.43. The van der Waals surface area contributed by atoms with E-state index < -0.39 is 10.3 Å². The van der Waals surface area contributed by atoms with Gasteiger partial charge in [-0.3, -0.25) is 0 Å². The summed E-state index contributed by atoms with van der Waals surface area (Å²) < 4.78 is 31.0. The fourth-order valence-corrected chi connectivity index (χ4v) is 5.09. The highest BCUT2D eigenvalue weighted by molar-refractivity contribution is 7.84. The van der Waals surface area contributed by atoms with Crippen LogP contribution in [0.5, 0.6) is 5.75 Å². The first-order valence-corrected chi connectivity index (χ1v) is 11.7. The Morgan fingerprint density at radius 3 is 2.44 bits per heavy atom. The van der Waals surface area contributed by atoms with E-state index in [-0.39, 0.29) is 11.7 Å². The van der Waals surface area contributed by atoms with Crippen LogP contribution < -0.4 is 9.32 Å². The third-order valence-electron chi connectivity index (χ3n) is 5.91. The second-order valence-electron chi connectivity index (χ2n) is 8.00. The van der Waals surface area contributed by atoms with Crippen molar-refractivity contribution >= 4 is 32.1 Å². The quantitative estimate of drug-likeness (QED) is 0.410. The molecular formula is C25H23N3O3S. The molecule has 0 fully saturated rings. The number of hydrogen-bond acceptors (Lipinski definition) is 3. The van der Waals surface area contributed by atoms with Crippen molar-refractivity contribution in [2.75, 3.05) is 0 Å². The summed E-state index contributed by atoms with van der Waals surface area (Å²) in [5.41, 5.74) is 6.12. The van der Waals surface area contributed by atoms with Gasteiger partial charge in [0.2, 0.25) is 0 Å². The molecule has 7 heteroatoms. The molecule has 5 aromatic rings. The summed E-state index contributed by atoms with van der Waals surface area (Å²) in [4.78, 5) is 3.35. The Morgan fingerprint density at radius 2 is 1.62 bits per heavy atom. The van der Waals surface area contributed by atoms with Gasteiger partial charge in [0, 0.05) is 47.2 Å². The zero-order valence-electron chi connectivity index (χ0n) is 17.7. The molecule has 2 aromatic heterocycles. The molecule has 0 bridgehead atoms. The molecule has 3 N–H and O–H groups in total. The molecule has 1 atom stereocenters. The number of fused-ring (bicyclic) bond motifs is 2. The molecule has 5 rings (SSSR count). The fraction of sp³-hybridized carbons (Fsp3) is 0.120. The van der Waals surface area contributed by atoms with Crippen LogP contribution in [0.15, 0.2) is 79.1 Å². The van der Waals surface area contributed by atoms with E-state index in [0.717, 1.165) is 38.5 Å². The summed E-state index contributed by atoms with van der Waals surface area (Å²) in [5, 5.41) is 7.41. The van der Waals surface area contributed by atoms with Gasteiger partial charge in [-0.1, -0.05) is 54.6 Å². The van der Waals surface area contributed by atoms with Crippen LogP contribution in [0, 0.1) is 6.92 Å². The third kappa shape index (κ3) is 3.45. The summed E-state index contributed by atoms with van der Waals surface area (Å²) in [7, 11) is -2.16. The number of rotatable bonds is 5. The van der Waals surface area contributed by atoms with Gasteiger partial charge in [0.05, 0.1) is 5.52 Å². The minimum absolute atomic E-state index is 0.218. The van der Waals surface area contributed by atoms with E-state index >= 15 is 0 Å². The van der Waals surface area contributed by atoms with Crippen LogP contribution in [0.25, 0.3) is 21.8 Å². The lowest BCUT2D eigenvalue weighted by molar-refractivity contribution is 0.484. The van der Waals surface area contributed by atoms with Crippen molar-refractivity contribution in [2.24, 2.45) is 12.2 Å². The molecule has 1 unspecified atom stereocenters. The van der Waals surface area contributed by atoms with Crippen LogP contribution in [0.2, 0.25) is 0 Å². The van der Waals surface area contributed by atoms with Crippen LogP contribution >= 0.6 is 0 Å². The molecule has 3 aromatic carbocycles. The number of H-pyrrole nitrogens is 1. The zero-order chi connectivity index (χ0) is 22.5. The van der Waals surface area contributed by atoms with E-state index in [1.54, 1.807) is 12.1 Å². The van der Waals surface area contributed by atoms with Gasteiger partial charge in [-0.25, -0.2) is 0 Å². The Balaban J connectivity index is 1.85. The van der Waals surface area contributed by atoms with Gasteiger partial charge < -0.3 is 13.7 Å². The lowest BCUT2D eigenvalue weighted by Gasteiger charge is -2.20. The first kappa shape index (κ1) is 20.4. The van der Waals surface area contributed by atoms with Gasteiger partial charge >= 0.3 is 10.3 Å². The molecule has 2 heterocycles. The molecule has 0 spiro atoms. The van der Waals surface area contributed by atoms with Crippen LogP contribution in [0.3, 0.4) is 0 Å². The van der Waals surface area contributed by atoms with E-state index in [1.165, 1.54) is 5.56 Å². The third-order valence-corrected chi connectivity index (χ3v) is 6.33. The maximum Gasteiger partial charge on any atom is 0.380 e. The Kier molecular flexibility index (Phi) is 4.80. The van der Waals surface area contributed by atoms with Crippen LogP contribution in [0.4, 0.5) is 0 Å². The van der Waals surface area contributed by atoms with Crippen LogP contribution in [0.1, 0.15) is 28.2 Å². The number of nitrogens with one attached hydrogen (secondary N) is 1. The van der Waals surface area contributed by atoms with E-state index in [2.05, 4.69) is 40.9 Å². The van der Waals surface area contributed by atoms with Gasteiger partial charge in [0.1, 0.15) is 5.75 Å². The normalized spacial score (nSPS) is 13.0. The smallest absolute Gasteiger partial charge is 0.371 e. The van der Waals surface area contributed by atoms with Gasteiger partial charge in [0.25, 0.3) is 0 Å². The van der Waals surface area contributed by atoms with Crippen LogP contribution in [-0.2, 0) is 17.4 Å². The SMILES string of the molecule is Cc1cccc2c(C(c3ccccc3OS(N)(=O)=O)c3c[nH]c4ccccc34)cn(C)c12. The van der Waals surface area contributed by atoms with Crippen molar-refractivity contribution in [2.45, 2.75) is 12.8 Å². The number of hydrogen-bond donors (Lipinski definition) is 2. The summed E-state index contributed by atoms with van der Waals surface area (Å²) in [6.45, 7) is 2.09. The van der Waals surface area contributed by atoms with Gasteiger partial charge in [-0.15, -0.1) is 0 Å². The lowest BCUT2D eigenvalue weighted by Crippen LogP contribution is -2.20. The van der Waals surface area contributed by atoms with E-state index in [0.29, 0.717) is 0 Å². The minimum Gasteiger partial charge on any atom is -0.371 e. The van der Waals surface area contributed by atoms with Gasteiger partial charge in [-0.2, -0.15) is 13.6 Å². The Hall–Kier alpha value is -3.55. The van der Waals surface area contributed by atoms with Gasteiger partial charge in [0.15, 0.2) is 0 Å². The highest BCUT2D eigenvalue weighted by Gasteiger charge is 2.27. The van der Waals surface area contributed by atoms with Crippen molar-refractivity contribution in [1.29, 1.82) is 0 Å². The predicted molar refractivity (Wildman–Crippen MR) is 127 cm³/mol. The largest absolute Gasteiger partial charge is 0.380 e. The van der Waals surface area contributed by atoms with E-state index in [9.17, 15) is 8.42 Å². The number of benzene rings is 3. The Bertz CT molecular complexity index is 1560. The Labute approximate surface area is 186 Å². The van der Waals surface area contributed by atoms with Crippen molar-refractivity contribution in [3.63, 3.8) is 0 Å². The molecule has 162 valence electrons. The molecule has 0 radical (unpaired) electrons. The molecule has 32 heavy (non-hydrogen) atoms. The van der Waals surface area contributed by atoms with Crippen molar-refractivity contribution in [3.05, 3.63) is 101 Å². The van der Waals surface area contributed by atoms with Gasteiger partial charge in [-0.05, 0) is 35.7 Å². The Morgan fingerprint density at radius 1 is 0.906 bits per heavy atom. The maximum absolute atomic E-state index is 11.8. The number of para-hydroxylation sites is 3. The molecular weight excluding hydrogens is 422 g/mol. The van der Waals surface area contributed by atoms with Crippen molar-refractivity contribution in [1.82, 2.24) is 9.55 Å². The fourth-order valence-electron chi connectivity index (χ4n) is 4.69. The molecule has 0 amide bonds. The molecule has 0 aliphatic heterocycles. The molecule has 0 aliphatic carbocycles. The van der Waals surface area contributed by atoms with Crippen molar-refractivity contribution < 1.29 is 12.6 Å². The molecule has 0 aliphatic rings. The van der Waals surface area contributed by atoms with E-state index in [4.69, 9.17) is 9.32 Å². The number of aromatic amines is 1. The number of aryl methyl sites for hydroxylation is 2. The predicted octanol–water partition coefficient (Wildman–Crippen LogP) is 4.73.